The smallest absolute Gasteiger partial charge is 0.295 e. The molecule has 3 aromatic rings. The van der Waals surface area contributed by atoms with E-state index in [2.05, 4.69) is 30.7 Å². The van der Waals surface area contributed by atoms with E-state index in [9.17, 15) is 4.79 Å². The molecule has 3 N–H and O–H groups in total. The highest BCUT2D eigenvalue weighted by molar-refractivity contribution is 6.06. The number of carbonyl (C=O) groups is 1. The van der Waals surface area contributed by atoms with Crippen molar-refractivity contribution >= 4 is 22.5 Å². The predicted octanol–water partition coefficient (Wildman–Crippen LogP) is 2.23. The van der Waals surface area contributed by atoms with Gasteiger partial charge in [0.15, 0.2) is 0 Å². The number of nitrogens with zero attached hydrogens (tertiary/aromatic N) is 3. The minimum absolute atomic E-state index is 0.122. The molecule has 0 fully saturated rings. The van der Waals surface area contributed by atoms with Crippen molar-refractivity contribution in [1.29, 1.82) is 0 Å². The molecule has 1 amide bonds. The van der Waals surface area contributed by atoms with Gasteiger partial charge in [-0.25, -0.2) is 4.98 Å². The Morgan fingerprint density at radius 3 is 2.76 bits per heavy atom. The minimum atomic E-state index is -0.358. The molecule has 0 spiro atoms. The molecule has 108 valence electrons. The Labute approximate surface area is 121 Å². The molecule has 0 saturated carbocycles. The number of benzene rings is 1. The monoisotopic (exact) mass is 284 g/mol. The number of aromatic nitrogens is 5. The molecule has 0 saturated heterocycles. The van der Waals surface area contributed by atoms with Crippen molar-refractivity contribution in [2.45, 2.75) is 26.2 Å². The standard InChI is InChI=1S/C14H16N6O/c1-14(2,3)13-17-11(19-20-13)12(21)16-9-6-4-5-8-7-15-18-10(8)9/h4-7H,1-3H3,(H,15,18)(H,16,21)(H,17,19,20). The maximum atomic E-state index is 12.2. The number of carbonyl (C=O) groups excluding carboxylic acids is 1. The molecule has 21 heavy (non-hydrogen) atoms. The van der Waals surface area contributed by atoms with Crippen molar-refractivity contribution in [2.24, 2.45) is 0 Å². The zero-order valence-electron chi connectivity index (χ0n) is 12.1. The van der Waals surface area contributed by atoms with Crippen LogP contribution in [0.4, 0.5) is 5.69 Å². The number of fused-ring (bicyclic) bond motifs is 1. The van der Waals surface area contributed by atoms with Crippen LogP contribution in [0, 0.1) is 0 Å². The van der Waals surface area contributed by atoms with Gasteiger partial charge in [0.25, 0.3) is 5.91 Å². The third-order valence-corrected chi connectivity index (χ3v) is 3.12. The summed E-state index contributed by atoms with van der Waals surface area (Å²) in [5, 5.41) is 17.3. The predicted molar refractivity (Wildman–Crippen MR) is 79.1 cm³/mol. The van der Waals surface area contributed by atoms with E-state index < -0.39 is 0 Å². The highest BCUT2D eigenvalue weighted by Gasteiger charge is 2.21. The Morgan fingerprint density at radius 1 is 1.24 bits per heavy atom. The van der Waals surface area contributed by atoms with Crippen LogP contribution in [0.15, 0.2) is 24.4 Å². The number of para-hydroxylation sites is 1. The number of hydrogen-bond donors (Lipinski definition) is 3. The second-order valence-electron chi connectivity index (χ2n) is 5.85. The molecule has 0 aliphatic heterocycles. The van der Waals surface area contributed by atoms with E-state index in [0.717, 1.165) is 10.9 Å². The van der Waals surface area contributed by atoms with Crippen LogP contribution in [-0.4, -0.2) is 31.3 Å². The van der Waals surface area contributed by atoms with Crippen molar-refractivity contribution in [3.8, 4) is 0 Å². The fourth-order valence-corrected chi connectivity index (χ4v) is 1.95. The van der Waals surface area contributed by atoms with Gasteiger partial charge in [-0.05, 0) is 6.07 Å². The molecule has 7 nitrogen and oxygen atoms in total. The molecule has 7 heteroatoms. The number of rotatable bonds is 2. The van der Waals surface area contributed by atoms with Crippen molar-refractivity contribution < 1.29 is 4.79 Å². The Kier molecular flexibility index (Phi) is 2.97. The lowest BCUT2D eigenvalue weighted by molar-refractivity contribution is 0.101. The summed E-state index contributed by atoms with van der Waals surface area (Å²) in [5.41, 5.74) is 1.24. The van der Waals surface area contributed by atoms with Crippen LogP contribution in [0.2, 0.25) is 0 Å². The van der Waals surface area contributed by atoms with Gasteiger partial charge in [0, 0.05) is 10.8 Å². The van der Waals surface area contributed by atoms with Gasteiger partial charge in [-0.15, -0.1) is 5.10 Å². The lowest BCUT2D eigenvalue weighted by Crippen LogP contribution is -2.16. The largest absolute Gasteiger partial charge is 0.317 e. The Balaban J connectivity index is 1.86. The quantitative estimate of drug-likeness (QED) is 0.672. The van der Waals surface area contributed by atoms with E-state index in [0.29, 0.717) is 11.5 Å². The van der Waals surface area contributed by atoms with Gasteiger partial charge in [-0.2, -0.15) is 5.10 Å². The first-order chi connectivity index (χ1) is 9.95. The van der Waals surface area contributed by atoms with Crippen LogP contribution in [-0.2, 0) is 5.41 Å². The van der Waals surface area contributed by atoms with Gasteiger partial charge in [0.1, 0.15) is 5.82 Å². The van der Waals surface area contributed by atoms with Gasteiger partial charge in [-0.3, -0.25) is 15.0 Å². The number of hydrogen-bond acceptors (Lipinski definition) is 4. The fraction of sp³-hybridized carbons (Fsp3) is 0.286. The van der Waals surface area contributed by atoms with Crippen LogP contribution in [0.25, 0.3) is 10.9 Å². The molecule has 0 aliphatic rings. The summed E-state index contributed by atoms with van der Waals surface area (Å²) >= 11 is 0. The van der Waals surface area contributed by atoms with Gasteiger partial charge in [0.05, 0.1) is 17.4 Å². The first kappa shape index (κ1) is 13.3. The zero-order valence-corrected chi connectivity index (χ0v) is 12.1. The van der Waals surface area contributed by atoms with Crippen molar-refractivity contribution in [3.63, 3.8) is 0 Å². The molecule has 2 aromatic heterocycles. The average Bonchev–Trinajstić information content (AvgIpc) is 3.07. The van der Waals surface area contributed by atoms with Crippen LogP contribution >= 0.6 is 0 Å². The molecule has 0 radical (unpaired) electrons. The van der Waals surface area contributed by atoms with E-state index in [4.69, 9.17) is 0 Å². The number of H-pyrrole nitrogens is 2. The van der Waals surface area contributed by atoms with Crippen LogP contribution < -0.4 is 5.32 Å². The zero-order chi connectivity index (χ0) is 15.0. The van der Waals surface area contributed by atoms with Gasteiger partial charge >= 0.3 is 0 Å². The van der Waals surface area contributed by atoms with Crippen LogP contribution in [0.1, 0.15) is 37.2 Å². The van der Waals surface area contributed by atoms with E-state index in [-0.39, 0.29) is 17.1 Å². The lowest BCUT2D eigenvalue weighted by Gasteiger charge is -2.12. The Hall–Kier alpha value is -2.70. The SMILES string of the molecule is CC(C)(C)c1nc(C(=O)Nc2cccc3cn[nH]c23)n[nH]1. The molecular weight excluding hydrogens is 268 g/mol. The van der Waals surface area contributed by atoms with E-state index in [1.807, 2.05) is 32.9 Å². The second kappa shape index (κ2) is 4.69. The summed E-state index contributed by atoms with van der Waals surface area (Å²) in [4.78, 5) is 16.5. The molecular formula is C14H16N6O. The number of amides is 1. The van der Waals surface area contributed by atoms with E-state index >= 15 is 0 Å². The molecule has 1 aromatic carbocycles. The average molecular weight is 284 g/mol. The number of nitrogens with one attached hydrogen (secondary N) is 3. The first-order valence-electron chi connectivity index (χ1n) is 6.61. The maximum Gasteiger partial charge on any atom is 0.295 e. The van der Waals surface area contributed by atoms with Gasteiger partial charge in [-0.1, -0.05) is 32.9 Å². The third kappa shape index (κ3) is 2.49. The summed E-state index contributed by atoms with van der Waals surface area (Å²) in [6.45, 7) is 6.00. The van der Waals surface area contributed by atoms with E-state index in [1.54, 1.807) is 12.3 Å². The van der Waals surface area contributed by atoms with Crippen LogP contribution in [0.5, 0.6) is 0 Å². The summed E-state index contributed by atoms with van der Waals surface area (Å²) in [5.74, 6) is 0.438. The summed E-state index contributed by atoms with van der Waals surface area (Å²) in [6, 6.07) is 5.57. The fourth-order valence-electron chi connectivity index (χ4n) is 1.95. The van der Waals surface area contributed by atoms with Crippen molar-refractivity contribution in [1.82, 2.24) is 25.4 Å². The summed E-state index contributed by atoms with van der Waals surface area (Å²) in [7, 11) is 0. The summed E-state index contributed by atoms with van der Waals surface area (Å²) in [6.07, 6.45) is 1.70. The molecule has 0 aliphatic carbocycles. The Bertz CT molecular complexity index is 795. The molecule has 0 bridgehead atoms. The normalized spacial score (nSPS) is 11.8. The highest BCUT2D eigenvalue weighted by Crippen LogP contribution is 2.21. The summed E-state index contributed by atoms with van der Waals surface area (Å²) < 4.78 is 0. The van der Waals surface area contributed by atoms with Crippen LogP contribution in [0.3, 0.4) is 0 Å². The topological polar surface area (TPSA) is 99.3 Å². The second-order valence-corrected chi connectivity index (χ2v) is 5.85. The molecule has 2 heterocycles. The molecule has 3 rings (SSSR count). The number of aromatic amines is 2. The van der Waals surface area contributed by atoms with E-state index in [1.165, 1.54) is 0 Å². The van der Waals surface area contributed by atoms with Gasteiger partial charge < -0.3 is 5.32 Å². The molecule has 0 atom stereocenters. The number of anilines is 1. The highest BCUT2D eigenvalue weighted by atomic mass is 16.2. The van der Waals surface area contributed by atoms with Gasteiger partial charge in [0.2, 0.25) is 5.82 Å². The van der Waals surface area contributed by atoms with Crippen molar-refractivity contribution in [3.05, 3.63) is 36.0 Å². The molecule has 0 unspecified atom stereocenters. The third-order valence-electron chi connectivity index (χ3n) is 3.12. The lowest BCUT2D eigenvalue weighted by atomic mass is 9.96. The Morgan fingerprint density at radius 2 is 2.05 bits per heavy atom. The van der Waals surface area contributed by atoms with Crippen molar-refractivity contribution in [2.75, 3.05) is 5.32 Å². The first-order valence-corrected chi connectivity index (χ1v) is 6.61. The minimum Gasteiger partial charge on any atom is -0.317 e. The maximum absolute atomic E-state index is 12.2.